The van der Waals surface area contributed by atoms with E-state index < -0.39 is 18.1 Å². The number of aromatic amines is 1. The van der Waals surface area contributed by atoms with Crippen LogP contribution in [0.25, 0.3) is 0 Å². The van der Waals surface area contributed by atoms with Crippen molar-refractivity contribution in [3.8, 4) is 0 Å². The van der Waals surface area contributed by atoms with Crippen LogP contribution in [-0.4, -0.2) is 54.0 Å². The van der Waals surface area contributed by atoms with Crippen LogP contribution in [0, 0.1) is 0 Å². The first kappa shape index (κ1) is 14.5. The molecule has 2 rings (SSSR count). The molecule has 0 radical (unpaired) electrons. The Morgan fingerprint density at radius 3 is 2.80 bits per heavy atom. The molecule has 110 valence electrons. The van der Waals surface area contributed by atoms with Crippen molar-refractivity contribution in [2.45, 2.75) is 13.5 Å². The quantitative estimate of drug-likeness (QED) is 0.702. The lowest BCUT2D eigenvalue weighted by Crippen LogP contribution is -2.39. The molecule has 20 heavy (non-hydrogen) atoms. The lowest BCUT2D eigenvalue weighted by Gasteiger charge is -2.27. The van der Waals surface area contributed by atoms with E-state index in [4.69, 9.17) is 9.47 Å². The molecule has 1 aliphatic rings. The number of carbonyl (C=O) groups excluding carboxylic acids is 1. The van der Waals surface area contributed by atoms with Crippen molar-refractivity contribution in [3.05, 3.63) is 21.6 Å². The molecular formula is C12H17N3O5. The lowest BCUT2D eigenvalue weighted by molar-refractivity contribution is 0.0515. The van der Waals surface area contributed by atoms with Gasteiger partial charge in [-0.1, -0.05) is 0 Å². The third-order valence-corrected chi connectivity index (χ3v) is 2.94. The fourth-order valence-electron chi connectivity index (χ4n) is 1.93. The highest BCUT2D eigenvalue weighted by atomic mass is 16.5. The number of morpholine rings is 1. The third kappa shape index (κ3) is 2.97. The van der Waals surface area contributed by atoms with Gasteiger partial charge in [0.15, 0.2) is 5.69 Å². The molecule has 0 spiro atoms. The molecule has 0 saturated carbocycles. The van der Waals surface area contributed by atoms with Gasteiger partial charge in [0.1, 0.15) is 0 Å². The number of aromatic nitrogens is 2. The number of rotatable bonds is 4. The molecular weight excluding hydrogens is 266 g/mol. The number of aliphatic hydroxyl groups excluding tert-OH is 1. The van der Waals surface area contributed by atoms with Gasteiger partial charge in [0.05, 0.1) is 32.0 Å². The highest BCUT2D eigenvalue weighted by Crippen LogP contribution is 2.11. The molecule has 1 aromatic rings. The number of H-pyrrole nitrogens is 1. The van der Waals surface area contributed by atoms with E-state index in [0.717, 1.165) is 0 Å². The Morgan fingerprint density at radius 2 is 2.20 bits per heavy atom. The molecule has 0 atom stereocenters. The molecule has 8 nitrogen and oxygen atoms in total. The SMILES string of the molecule is CCOC(=O)c1nc(N2CCOCC2)[nH]c(=O)c1CO. The number of anilines is 1. The van der Waals surface area contributed by atoms with Crippen LogP contribution in [0.3, 0.4) is 0 Å². The van der Waals surface area contributed by atoms with E-state index >= 15 is 0 Å². The van der Waals surface area contributed by atoms with E-state index in [0.29, 0.717) is 32.3 Å². The third-order valence-electron chi connectivity index (χ3n) is 2.94. The van der Waals surface area contributed by atoms with Gasteiger partial charge < -0.3 is 19.5 Å². The molecule has 1 fully saturated rings. The van der Waals surface area contributed by atoms with Crippen molar-refractivity contribution in [1.82, 2.24) is 9.97 Å². The monoisotopic (exact) mass is 283 g/mol. The van der Waals surface area contributed by atoms with Gasteiger partial charge in [-0.2, -0.15) is 0 Å². The van der Waals surface area contributed by atoms with Crippen molar-refractivity contribution < 1.29 is 19.4 Å². The lowest BCUT2D eigenvalue weighted by atomic mass is 10.2. The summed E-state index contributed by atoms with van der Waals surface area (Å²) in [5.74, 6) is -0.421. The number of ether oxygens (including phenoxy) is 2. The van der Waals surface area contributed by atoms with Crippen LogP contribution in [0.15, 0.2) is 4.79 Å². The van der Waals surface area contributed by atoms with Gasteiger partial charge in [-0.15, -0.1) is 0 Å². The van der Waals surface area contributed by atoms with Gasteiger partial charge >= 0.3 is 5.97 Å². The van der Waals surface area contributed by atoms with Gasteiger partial charge in [-0.3, -0.25) is 9.78 Å². The number of nitrogens with one attached hydrogen (secondary N) is 1. The summed E-state index contributed by atoms with van der Waals surface area (Å²) in [6.07, 6.45) is 0. The summed E-state index contributed by atoms with van der Waals surface area (Å²) in [6.45, 7) is 3.46. The predicted octanol–water partition coefficient (Wildman–Crippen LogP) is -0.724. The highest BCUT2D eigenvalue weighted by molar-refractivity contribution is 5.89. The Hall–Kier alpha value is -1.93. The average molecular weight is 283 g/mol. The van der Waals surface area contributed by atoms with Crippen LogP contribution in [0.2, 0.25) is 0 Å². The van der Waals surface area contributed by atoms with Crippen LogP contribution in [0.5, 0.6) is 0 Å². The summed E-state index contributed by atoms with van der Waals surface area (Å²) in [7, 11) is 0. The van der Waals surface area contributed by atoms with E-state index in [9.17, 15) is 14.7 Å². The zero-order valence-corrected chi connectivity index (χ0v) is 11.2. The maximum Gasteiger partial charge on any atom is 0.357 e. The number of esters is 1. The van der Waals surface area contributed by atoms with Gasteiger partial charge in [-0.05, 0) is 6.92 Å². The first-order chi connectivity index (χ1) is 9.67. The molecule has 0 amide bonds. The topological polar surface area (TPSA) is 105 Å². The summed E-state index contributed by atoms with van der Waals surface area (Å²) in [6, 6.07) is 0. The maximum atomic E-state index is 11.9. The number of aliphatic hydroxyl groups is 1. The van der Waals surface area contributed by atoms with Crippen LogP contribution in [0.4, 0.5) is 5.95 Å². The maximum absolute atomic E-state index is 11.9. The van der Waals surface area contributed by atoms with Gasteiger partial charge in [0.25, 0.3) is 5.56 Å². The van der Waals surface area contributed by atoms with Gasteiger partial charge in [0.2, 0.25) is 5.95 Å². The fraction of sp³-hybridized carbons (Fsp3) is 0.583. The molecule has 1 aromatic heterocycles. The minimum Gasteiger partial charge on any atom is -0.461 e. The number of hydrogen-bond donors (Lipinski definition) is 2. The first-order valence-corrected chi connectivity index (χ1v) is 6.41. The van der Waals surface area contributed by atoms with Crippen LogP contribution in [0.1, 0.15) is 23.0 Å². The van der Waals surface area contributed by atoms with Gasteiger partial charge in [-0.25, -0.2) is 9.78 Å². The van der Waals surface area contributed by atoms with Crippen molar-refractivity contribution in [2.75, 3.05) is 37.8 Å². The highest BCUT2D eigenvalue weighted by Gasteiger charge is 2.22. The van der Waals surface area contributed by atoms with E-state index in [1.807, 2.05) is 4.90 Å². The molecule has 0 aliphatic carbocycles. The zero-order valence-electron chi connectivity index (χ0n) is 11.2. The number of carbonyl (C=O) groups is 1. The van der Waals surface area contributed by atoms with Crippen molar-refractivity contribution in [2.24, 2.45) is 0 Å². The Bertz CT molecular complexity index is 536. The van der Waals surface area contributed by atoms with Crippen LogP contribution >= 0.6 is 0 Å². The van der Waals surface area contributed by atoms with Crippen LogP contribution < -0.4 is 10.5 Å². The predicted molar refractivity (Wildman–Crippen MR) is 69.8 cm³/mol. The summed E-state index contributed by atoms with van der Waals surface area (Å²) in [5, 5.41) is 9.22. The zero-order chi connectivity index (χ0) is 14.5. The minimum absolute atomic E-state index is 0.0829. The second-order valence-corrected chi connectivity index (χ2v) is 4.19. The van der Waals surface area contributed by atoms with Gasteiger partial charge in [0, 0.05) is 13.1 Å². The normalized spacial score (nSPS) is 15.2. The van der Waals surface area contributed by atoms with E-state index in [1.54, 1.807) is 6.92 Å². The molecule has 1 saturated heterocycles. The van der Waals surface area contributed by atoms with Crippen molar-refractivity contribution in [3.63, 3.8) is 0 Å². The Labute approximate surface area is 115 Å². The fourth-order valence-corrected chi connectivity index (χ4v) is 1.93. The molecule has 0 unspecified atom stereocenters. The second kappa shape index (κ2) is 6.49. The van der Waals surface area contributed by atoms with E-state index in [-0.39, 0.29) is 17.9 Å². The molecule has 2 heterocycles. The van der Waals surface area contributed by atoms with Crippen molar-refractivity contribution in [1.29, 1.82) is 0 Å². The smallest absolute Gasteiger partial charge is 0.357 e. The summed E-state index contributed by atoms with van der Waals surface area (Å²) < 4.78 is 10.1. The standard InChI is InChI=1S/C12H17N3O5/c1-2-20-11(18)9-8(7-16)10(17)14-12(13-9)15-3-5-19-6-4-15/h16H,2-7H2,1H3,(H,13,14,17). The Morgan fingerprint density at radius 1 is 1.50 bits per heavy atom. The average Bonchev–Trinajstić information content (AvgIpc) is 2.47. The minimum atomic E-state index is -0.711. The molecule has 0 aromatic carbocycles. The Kier molecular flexibility index (Phi) is 4.70. The van der Waals surface area contributed by atoms with Crippen molar-refractivity contribution >= 4 is 11.9 Å². The summed E-state index contributed by atoms with van der Waals surface area (Å²) in [5.41, 5.74) is -0.757. The van der Waals surface area contributed by atoms with E-state index in [2.05, 4.69) is 9.97 Å². The molecule has 8 heteroatoms. The largest absolute Gasteiger partial charge is 0.461 e. The Balaban J connectivity index is 2.40. The summed E-state index contributed by atoms with van der Waals surface area (Å²) >= 11 is 0. The molecule has 1 aliphatic heterocycles. The number of nitrogens with zero attached hydrogens (tertiary/aromatic N) is 2. The second-order valence-electron chi connectivity index (χ2n) is 4.19. The van der Waals surface area contributed by atoms with Crippen LogP contribution in [-0.2, 0) is 16.1 Å². The molecule has 0 bridgehead atoms. The summed E-state index contributed by atoms with van der Waals surface area (Å²) in [4.78, 5) is 32.3. The van der Waals surface area contributed by atoms with E-state index in [1.165, 1.54) is 0 Å². The molecule has 2 N–H and O–H groups in total. The first-order valence-electron chi connectivity index (χ1n) is 6.41. The number of hydrogen-bond acceptors (Lipinski definition) is 7.